The third-order valence-electron chi connectivity index (χ3n) is 5.33. The Labute approximate surface area is 197 Å². The lowest BCUT2D eigenvalue weighted by Gasteiger charge is -2.26. The summed E-state index contributed by atoms with van der Waals surface area (Å²) in [4.78, 5) is 18.2. The van der Waals surface area contributed by atoms with Crippen LogP contribution in [0.1, 0.15) is 11.1 Å². The van der Waals surface area contributed by atoms with Gasteiger partial charge in [-0.25, -0.2) is 8.42 Å². The average molecular weight is 519 g/mol. The zero-order chi connectivity index (χ0) is 24.0. The van der Waals surface area contributed by atoms with Gasteiger partial charge in [-0.3, -0.25) is 4.79 Å². The van der Waals surface area contributed by atoms with E-state index in [0.717, 1.165) is 30.0 Å². The molecule has 0 aromatic heterocycles. The minimum atomic E-state index is -4.62. The molecule has 2 aliphatic rings. The zero-order valence-electron chi connectivity index (χ0n) is 17.2. The van der Waals surface area contributed by atoms with Gasteiger partial charge in [0.2, 0.25) is 0 Å². The van der Waals surface area contributed by atoms with Crippen LogP contribution in [0.2, 0.25) is 5.02 Å². The van der Waals surface area contributed by atoms with E-state index >= 15 is 0 Å². The van der Waals surface area contributed by atoms with E-state index in [4.69, 9.17) is 16.3 Å². The van der Waals surface area contributed by atoms with Crippen LogP contribution in [0.4, 0.5) is 18.9 Å². The van der Waals surface area contributed by atoms with Crippen molar-refractivity contribution >= 4 is 50.0 Å². The Morgan fingerprint density at radius 2 is 1.91 bits per heavy atom. The third-order valence-corrected chi connectivity index (χ3v) is 8.86. The molecule has 4 rings (SSSR count). The summed E-state index contributed by atoms with van der Waals surface area (Å²) in [6.07, 6.45) is -4.65. The number of aliphatic imine (C=N–C) groups is 1. The Balaban J connectivity index is 1.69. The Hall–Kier alpha value is -2.24. The lowest BCUT2D eigenvalue weighted by atomic mass is 10.1. The molecule has 0 saturated carbocycles. The Kier molecular flexibility index (Phi) is 6.41. The van der Waals surface area contributed by atoms with Gasteiger partial charge in [0.15, 0.2) is 15.0 Å². The number of hydrogen-bond donors (Lipinski definition) is 0. The average Bonchev–Trinajstić information content (AvgIpc) is 3.19. The molecular formula is C21H18ClF3N2O4S2. The summed E-state index contributed by atoms with van der Waals surface area (Å²) in [7, 11) is -1.86. The van der Waals surface area contributed by atoms with Crippen molar-refractivity contribution in [3.63, 3.8) is 0 Å². The number of alkyl halides is 3. The second kappa shape index (κ2) is 8.84. The number of carbonyl (C=O) groups excluding carboxylic acids is 1. The highest BCUT2D eigenvalue weighted by Gasteiger charge is 2.50. The van der Waals surface area contributed by atoms with Crippen molar-refractivity contribution in [2.75, 3.05) is 23.5 Å². The number of amidine groups is 1. The highest BCUT2D eigenvalue weighted by Crippen LogP contribution is 2.44. The fraction of sp³-hybridized carbons (Fsp3) is 0.333. The number of thioether (sulfide) groups is 1. The van der Waals surface area contributed by atoms with Crippen LogP contribution in [0.5, 0.6) is 5.75 Å². The molecule has 0 bridgehead atoms. The van der Waals surface area contributed by atoms with E-state index in [1.165, 1.54) is 12.0 Å². The van der Waals surface area contributed by atoms with Crippen molar-refractivity contribution in [3.05, 3.63) is 58.6 Å². The molecule has 2 heterocycles. The summed E-state index contributed by atoms with van der Waals surface area (Å²) in [5.41, 5.74) is -0.278. The van der Waals surface area contributed by atoms with Crippen LogP contribution < -0.4 is 9.64 Å². The number of benzene rings is 2. The Morgan fingerprint density at radius 1 is 1.21 bits per heavy atom. The molecule has 6 nitrogen and oxygen atoms in total. The van der Waals surface area contributed by atoms with Crippen molar-refractivity contribution in [2.24, 2.45) is 4.99 Å². The zero-order valence-corrected chi connectivity index (χ0v) is 19.6. The summed E-state index contributed by atoms with van der Waals surface area (Å²) < 4.78 is 69.4. The van der Waals surface area contributed by atoms with Gasteiger partial charge in [-0.1, -0.05) is 35.5 Å². The van der Waals surface area contributed by atoms with Crippen molar-refractivity contribution in [1.82, 2.24) is 0 Å². The largest absolute Gasteiger partial charge is 0.497 e. The van der Waals surface area contributed by atoms with Crippen molar-refractivity contribution in [1.29, 1.82) is 0 Å². The summed E-state index contributed by atoms with van der Waals surface area (Å²) in [5.74, 6) is -0.300. The van der Waals surface area contributed by atoms with Crippen LogP contribution in [0, 0.1) is 0 Å². The van der Waals surface area contributed by atoms with Crippen LogP contribution in [-0.4, -0.2) is 49.4 Å². The number of rotatable bonds is 4. The van der Waals surface area contributed by atoms with Crippen LogP contribution in [-0.2, 0) is 27.2 Å². The molecule has 2 atom stereocenters. The van der Waals surface area contributed by atoms with E-state index in [-0.39, 0.29) is 33.8 Å². The second-order valence-corrected chi connectivity index (χ2v) is 11.4. The lowest BCUT2D eigenvalue weighted by molar-refractivity contribution is -0.137. The second-order valence-electron chi connectivity index (χ2n) is 7.65. The lowest BCUT2D eigenvalue weighted by Crippen LogP contribution is -2.38. The first-order valence-corrected chi connectivity index (χ1v) is 12.8. The van der Waals surface area contributed by atoms with Gasteiger partial charge in [-0.05, 0) is 35.9 Å². The smallest absolute Gasteiger partial charge is 0.416 e. The quantitative estimate of drug-likeness (QED) is 0.603. The molecule has 1 amide bonds. The minimum absolute atomic E-state index is 0.00357. The highest BCUT2D eigenvalue weighted by atomic mass is 35.5. The molecule has 0 N–H and O–H groups in total. The maximum absolute atomic E-state index is 13.3. The number of anilines is 1. The third kappa shape index (κ3) is 5.15. The van der Waals surface area contributed by atoms with E-state index in [1.54, 1.807) is 24.3 Å². The number of carbonyl (C=O) groups is 1. The van der Waals surface area contributed by atoms with Gasteiger partial charge in [0, 0.05) is 5.25 Å². The molecule has 0 aliphatic carbocycles. The molecule has 2 aliphatic heterocycles. The number of fused-ring (bicyclic) bond motifs is 1. The van der Waals surface area contributed by atoms with Gasteiger partial charge < -0.3 is 9.64 Å². The molecule has 2 unspecified atom stereocenters. The number of nitrogens with zero attached hydrogens (tertiary/aromatic N) is 2. The molecule has 2 saturated heterocycles. The number of amides is 1. The summed E-state index contributed by atoms with van der Waals surface area (Å²) in [5, 5.41) is -0.323. The molecule has 2 aromatic rings. The maximum Gasteiger partial charge on any atom is 0.416 e. The van der Waals surface area contributed by atoms with E-state index < -0.39 is 38.8 Å². The SMILES string of the molecule is COc1ccc(CC(=O)N=C2SC3CS(=O)(=O)CC3N2c2cc(C(F)(F)F)ccc2Cl)cc1. The molecule has 0 spiro atoms. The first kappa shape index (κ1) is 23.9. The van der Waals surface area contributed by atoms with Crippen molar-refractivity contribution in [3.8, 4) is 5.75 Å². The van der Waals surface area contributed by atoms with Crippen LogP contribution >= 0.6 is 23.4 Å². The van der Waals surface area contributed by atoms with Gasteiger partial charge in [-0.15, -0.1) is 0 Å². The normalized spacial score (nSPS) is 23.1. The van der Waals surface area contributed by atoms with Gasteiger partial charge in [0.25, 0.3) is 5.91 Å². The molecule has 176 valence electrons. The first-order valence-electron chi connectivity index (χ1n) is 9.74. The predicted octanol–water partition coefficient (Wildman–Crippen LogP) is 4.21. The summed E-state index contributed by atoms with van der Waals surface area (Å²) in [6.45, 7) is 0. The standard InChI is InChI=1S/C21H18ClF3N2O4S2/c1-31-14-5-2-12(3-6-14)8-19(28)26-20-27(17-10-33(29,30)11-18(17)32-20)16-9-13(21(23,24)25)4-7-15(16)22/h2-7,9,17-18H,8,10-11H2,1H3. The van der Waals surface area contributed by atoms with Crippen molar-refractivity contribution < 1.29 is 31.1 Å². The van der Waals surface area contributed by atoms with E-state index in [9.17, 15) is 26.4 Å². The first-order chi connectivity index (χ1) is 15.5. The molecule has 2 aromatic carbocycles. The van der Waals surface area contributed by atoms with Gasteiger partial charge >= 0.3 is 6.18 Å². The highest BCUT2D eigenvalue weighted by molar-refractivity contribution is 8.16. The molecular weight excluding hydrogens is 501 g/mol. The minimum Gasteiger partial charge on any atom is -0.497 e. The molecule has 2 fully saturated rings. The van der Waals surface area contributed by atoms with Crippen LogP contribution in [0.3, 0.4) is 0 Å². The monoisotopic (exact) mass is 518 g/mol. The van der Waals surface area contributed by atoms with E-state index in [2.05, 4.69) is 4.99 Å². The van der Waals surface area contributed by atoms with Gasteiger partial charge in [-0.2, -0.15) is 18.2 Å². The molecule has 33 heavy (non-hydrogen) atoms. The fourth-order valence-corrected chi connectivity index (χ4v) is 7.92. The number of sulfone groups is 1. The van der Waals surface area contributed by atoms with Gasteiger partial charge in [0.1, 0.15) is 5.75 Å². The molecule has 12 heteroatoms. The topological polar surface area (TPSA) is 76.0 Å². The Bertz CT molecular complexity index is 1220. The summed E-state index contributed by atoms with van der Waals surface area (Å²) >= 11 is 7.30. The number of methoxy groups -OCH3 is 1. The maximum atomic E-state index is 13.3. The van der Waals surface area contributed by atoms with Gasteiger partial charge in [0.05, 0.1) is 47.4 Å². The van der Waals surface area contributed by atoms with E-state index in [1.807, 2.05) is 0 Å². The number of ether oxygens (including phenoxy) is 1. The predicted molar refractivity (Wildman–Crippen MR) is 122 cm³/mol. The fourth-order valence-electron chi connectivity index (χ4n) is 3.78. The number of hydrogen-bond acceptors (Lipinski definition) is 5. The number of halogens is 4. The van der Waals surface area contributed by atoms with Crippen LogP contribution in [0.15, 0.2) is 47.5 Å². The van der Waals surface area contributed by atoms with Crippen LogP contribution in [0.25, 0.3) is 0 Å². The van der Waals surface area contributed by atoms with E-state index in [0.29, 0.717) is 11.3 Å². The molecule has 0 radical (unpaired) electrons. The summed E-state index contributed by atoms with van der Waals surface area (Å²) in [6, 6.07) is 8.96. The Morgan fingerprint density at radius 3 is 2.55 bits per heavy atom. The van der Waals surface area contributed by atoms with Crippen molar-refractivity contribution in [2.45, 2.75) is 23.9 Å².